The molecule has 4 aliphatic heterocycles. The molecule has 1 aliphatic carbocycles. The van der Waals surface area contributed by atoms with E-state index in [1.807, 2.05) is 7.05 Å². The number of carbonyl (C=O) groups excluding carboxylic acids is 1. The van der Waals surface area contributed by atoms with Crippen molar-refractivity contribution in [1.82, 2.24) is 15.2 Å². The fraction of sp³-hybridized carbons (Fsp3) is 0.393. The fourth-order valence-corrected chi connectivity index (χ4v) is 7.78. The minimum atomic E-state index is -0.702. The second-order valence-electron chi connectivity index (χ2n) is 10.5. The highest BCUT2D eigenvalue weighted by Gasteiger charge is 2.59. The number of hydrogen-bond donors (Lipinski definition) is 2. The Bertz CT molecular complexity index is 1520. The first kappa shape index (κ1) is 20.1. The topological polar surface area (TPSA) is 67.8 Å². The number of hydrogen-bond acceptors (Lipinski definition) is 5. The maximum atomic E-state index is 13.3. The van der Waals surface area contributed by atoms with Crippen LogP contribution in [0.1, 0.15) is 47.0 Å². The van der Waals surface area contributed by atoms with Crippen molar-refractivity contribution < 1.29 is 14.3 Å². The van der Waals surface area contributed by atoms with Crippen LogP contribution in [0.15, 0.2) is 48.6 Å². The molecule has 3 aromatic rings. The molecule has 2 bridgehead atoms. The fourth-order valence-electron chi connectivity index (χ4n) is 7.78. The van der Waals surface area contributed by atoms with Gasteiger partial charge in [0.25, 0.3) is 5.91 Å². The number of nitrogens with one attached hydrogen (secondary N) is 2. The molecule has 1 fully saturated rings. The Balaban J connectivity index is 1.60. The van der Waals surface area contributed by atoms with E-state index in [1.54, 1.807) is 7.11 Å². The molecule has 7 heteroatoms. The number of para-hydroxylation sites is 1. The van der Waals surface area contributed by atoms with E-state index in [2.05, 4.69) is 75.6 Å². The maximum Gasteiger partial charge on any atom is 0.252 e. The summed E-state index contributed by atoms with van der Waals surface area (Å²) in [7, 11) is 3.80. The van der Waals surface area contributed by atoms with Gasteiger partial charge in [0.15, 0.2) is 5.72 Å². The number of fused-ring (bicyclic) bond motifs is 13. The number of rotatable bonds is 2. The van der Waals surface area contributed by atoms with Crippen LogP contribution in [0.4, 0.5) is 5.69 Å². The van der Waals surface area contributed by atoms with E-state index in [1.165, 1.54) is 11.3 Å². The molecule has 0 radical (unpaired) electrons. The molecule has 1 saturated heterocycles. The van der Waals surface area contributed by atoms with E-state index in [9.17, 15) is 4.79 Å². The van der Waals surface area contributed by atoms with Crippen LogP contribution in [0.25, 0.3) is 21.8 Å². The number of likely N-dealkylation sites (N-methyl/N-ethyl adjacent to an activating group) is 1. The van der Waals surface area contributed by atoms with Gasteiger partial charge >= 0.3 is 0 Å². The summed E-state index contributed by atoms with van der Waals surface area (Å²) in [5.41, 5.74) is 5.96. The van der Waals surface area contributed by atoms with Crippen LogP contribution in [0.2, 0.25) is 0 Å². The van der Waals surface area contributed by atoms with Crippen molar-refractivity contribution in [2.75, 3.05) is 19.1 Å². The summed E-state index contributed by atoms with van der Waals surface area (Å²) in [6, 6.07) is 8.65. The molecule has 2 N–H and O–H groups in total. The molecule has 2 aromatic carbocycles. The zero-order chi connectivity index (χ0) is 23.6. The molecular formula is C28H28N4O3. The Hall–Kier alpha value is -3.13. The zero-order valence-electron chi connectivity index (χ0n) is 20.0. The number of amides is 1. The lowest BCUT2D eigenvalue weighted by molar-refractivity contribution is -0.219. The van der Waals surface area contributed by atoms with Gasteiger partial charge in [-0.2, -0.15) is 0 Å². The Labute approximate surface area is 203 Å². The summed E-state index contributed by atoms with van der Waals surface area (Å²) in [5, 5.41) is 8.84. The van der Waals surface area contributed by atoms with E-state index in [0.29, 0.717) is 6.54 Å². The van der Waals surface area contributed by atoms with Crippen molar-refractivity contribution in [2.24, 2.45) is 0 Å². The van der Waals surface area contributed by atoms with Crippen LogP contribution in [-0.4, -0.2) is 48.5 Å². The average Bonchev–Trinajstić information content (AvgIpc) is 3.51. The Morgan fingerprint density at radius 2 is 2.06 bits per heavy atom. The SMILES string of the molecule is CN[C@@H]1C[C@H]2O[C@@](C)([C@@H]1OC)N1c3c(c4c(c5c6ccccc6n2c35)C(=O)NC4)C2C=CC=CC21. The third kappa shape index (κ3) is 2.17. The number of anilines is 1. The van der Waals surface area contributed by atoms with Crippen molar-refractivity contribution >= 4 is 33.4 Å². The van der Waals surface area contributed by atoms with Crippen LogP contribution >= 0.6 is 0 Å². The quantitative estimate of drug-likeness (QED) is 0.601. The molecule has 178 valence electrons. The van der Waals surface area contributed by atoms with Crippen molar-refractivity contribution in [1.29, 1.82) is 0 Å². The lowest BCUT2D eigenvalue weighted by atomic mass is 9.85. The van der Waals surface area contributed by atoms with Crippen LogP contribution in [-0.2, 0) is 16.0 Å². The minimum Gasteiger partial charge on any atom is -0.375 e. The van der Waals surface area contributed by atoms with Crippen LogP contribution < -0.4 is 15.5 Å². The molecular weight excluding hydrogens is 440 g/mol. The van der Waals surface area contributed by atoms with E-state index in [4.69, 9.17) is 9.47 Å². The highest BCUT2D eigenvalue weighted by atomic mass is 16.6. The van der Waals surface area contributed by atoms with E-state index < -0.39 is 5.72 Å². The molecule has 1 aromatic heterocycles. The van der Waals surface area contributed by atoms with Crippen molar-refractivity contribution in [3.63, 3.8) is 0 Å². The number of ether oxygens (including phenoxy) is 2. The number of nitrogens with zero attached hydrogens (tertiary/aromatic N) is 2. The number of benzene rings is 2. The number of carbonyl (C=O) groups is 1. The second kappa shape index (κ2) is 6.55. The van der Waals surface area contributed by atoms with Crippen molar-refractivity contribution in [2.45, 2.75) is 55.9 Å². The van der Waals surface area contributed by atoms with Crippen LogP contribution in [0.3, 0.4) is 0 Å². The normalized spacial score (nSPS) is 33.9. The third-order valence-electron chi connectivity index (χ3n) is 9.01. The van der Waals surface area contributed by atoms with Crippen LogP contribution in [0.5, 0.6) is 0 Å². The molecule has 6 atom stereocenters. The summed E-state index contributed by atoms with van der Waals surface area (Å²) in [4.78, 5) is 15.8. The highest BCUT2D eigenvalue weighted by Crippen LogP contribution is 2.59. The largest absolute Gasteiger partial charge is 0.375 e. The number of aromatic nitrogens is 1. The van der Waals surface area contributed by atoms with Gasteiger partial charge in [0.1, 0.15) is 12.3 Å². The molecule has 8 rings (SSSR count). The molecule has 0 spiro atoms. The highest BCUT2D eigenvalue weighted by molar-refractivity contribution is 6.24. The third-order valence-corrected chi connectivity index (χ3v) is 9.01. The van der Waals surface area contributed by atoms with E-state index in [0.717, 1.165) is 39.4 Å². The lowest BCUT2D eigenvalue weighted by Gasteiger charge is -2.53. The standard InChI is InChI=1S/C28H28N4O3/c1-28-26(34-3)17(29-2)12-20(35-28)31-18-10-6-4-8-14(18)22-23-16(13-30-27(23)33)21-15-9-5-7-11-19(15)32(28)25(21)24(22)31/h4-11,15,17,19-20,26,29H,12-13H2,1-3H3,(H,30,33)/t15?,17-,19?,20-,26-,28+/m1/s1. The van der Waals surface area contributed by atoms with E-state index in [-0.39, 0.29) is 36.2 Å². The Morgan fingerprint density at radius 3 is 2.89 bits per heavy atom. The zero-order valence-corrected chi connectivity index (χ0v) is 20.0. The predicted molar refractivity (Wildman–Crippen MR) is 135 cm³/mol. The molecule has 35 heavy (non-hydrogen) atoms. The Morgan fingerprint density at radius 1 is 1.23 bits per heavy atom. The molecule has 5 heterocycles. The monoisotopic (exact) mass is 468 g/mol. The van der Waals surface area contributed by atoms with Gasteiger partial charge < -0.3 is 29.6 Å². The molecule has 1 amide bonds. The van der Waals surface area contributed by atoms with Gasteiger partial charge in [-0.3, -0.25) is 4.79 Å². The first-order chi connectivity index (χ1) is 17.1. The van der Waals surface area contributed by atoms with Gasteiger partial charge in [0.05, 0.1) is 28.3 Å². The lowest BCUT2D eigenvalue weighted by Crippen LogP contribution is -2.67. The molecule has 5 aliphatic rings. The summed E-state index contributed by atoms with van der Waals surface area (Å²) < 4.78 is 15.7. The van der Waals surface area contributed by atoms with Gasteiger partial charge in [-0.15, -0.1) is 0 Å². The van der Waals surface area contributed by atoms with Gasteiger partial charge in [0, 0.05) is 42.8 Å². The van der Waals surface area contributed by atoms with E-state index >= 15 is 0 Å². The first-order valence-electron chi connectivity index (χ1n) is 12.5. The smallest absolute Gasteiger partial charge is 0.252 e. The summed E-state index contributed by atoms with van der Waals surface area (Å²) >= 11 is 0. The van der Waals surface area contributed by atoms with Gasteiger partial charge in [-0.1, -0.05) is 42.5 Å². The summed E-state index contributed by atoms with van der Waals surface area (Å²) in [5.74, 6) is 0.176. The molecule has 7 nitrogen and oxygen atoms in total. The van der Waals surface area contributed by atoms with Crippen molar-refractivity contribution in [3.05, 3.63) is 65.3 Å². The second-order valence-corrected chi connectivity index (χ2v) is 10.5. The predicted octanol–water partition coefficient (Wildman–Crippen LogP) is 3.69. The molecule has 2 unspecified atom stereocenters. The minimum absolute atomic E-state index is 0.0262. The average molecular weight is 469 g/mol. The summed E-state index contributed by atoms with van der Waals surface area (Å²) in [6.45, 7) is 2.75. The first-order valence-corrected chi connectivity index (χ1v) is 12.5. The summed E-state index contributed by atoms with van der Waals surface area (Å²) in [6.07, 6.45) is 9.24. The number of allylic oxidation sites excluding steroid dienone is 2. The van der Waals surface area contributed by atoms with Gasteiger partial charge in [0.2, 0.25) is 0 Å². The van der Waals surface area contributed by atoms with Crippen LogP contribution in [0, 0.1) is 0 Å². The number of methoxy groups -OCH3 is 1. The van der Waals surface area contributed by atoms with Gasteiger partial charge in [-0.05, 0) is 31.2 Å². The molecule has 0 saturated carbocycles. The maximum absolute atomic E-state index is 13.3. The Kier molecular flexibility index (Phi) is 3.76. The van der Waals surface area contributed by atoms with Crippen molar-refractivity contribution in [3.8, 4) is 0 Å². The van der Waals surface area contributed by atoms with Gasteiger partial charge in [-0.25, -0.2) is 0 Å².